The highest BCUT2D eigenvalue weighted by atomic mass is 29.3. The first kappa shape index (κ1) is 16.3. The molecule has 0 rings (SSSR count). The van der Waals surface area contributed by atoms with E-state index in [2.05, 4.69) is 40.4 Å². The van der Waals surface area contributed by atoms with Gasteiger partial charge in [-0.3, -0.25) is 0 Å². The quantitative estimate of drug-likeness (QED) is 0.685. The highest BCUT2D eigenvalue weighted by Crippen LogP contribution is 2.27. The minimum absolute atomic E-state index is 0.219. The van der Waals surface area contributed by atoms with Gasteiger partial charge in [-0.2, -0.15) is 0 Å². The van der Waals surface area contributed by atoms with E-state index < -0.39 is 15.7 Å². The Morgan fingerprint density at radius 3 is 1.69 bits per heavy atom. The Kier molecular flexibility index (Phi) is 7.04. The molecule has 2 N–H and O–H groups in total. The van der Waals surface area contributed by atoms with Crippen LogP contribution in [-0.4, -0.2) is 34.9 Å². The van der Waals surface area contributed by atoms with Gasteiger partial charge in [0.15, 0.2) is 0 Å². The van der Waals surface area contributed by atoms with Gasteiger partial charge in [-0.1, -0.05) is 26.6 Å². The predicted octanol–water partition coefficient (Wildman–Crippen LogP) is 2.66. The van der Waals surface area contributed by atoms with E-state index in [4.69, 9.17) is 14.6 Å². The third kappa shape index (κ3) is 4.29. The third-order valence-electron chi connectivity index (χ3n) is 2.95. The van der Waals surface area contributed by atoms with Crippen LogP contribution in [0.5, 0.6) is 0 Å². The molecule has 0 heterocycles. The summed E-state index contributed by atoms with van der Waals surface area (Å²) in [5.41, 5.74) is 6.11. The summed E-state index contributed by atoms with van der Waals surface area (Å²) < 4.78 is 12.2. The largest absolute Gasteiger partial charge is 0.397 e. The molecule has 1 atom stereocenters. The van der Waals surface area contributed by atoms with Gasteiger partial charge in [0.2, 0.25) is 0 Å². The van der Waals surface area contributed by atoms with Crippen molar-refractivity contribution < 1.29 is 8.85 Å². The van der Waals surface area contributed by atoms with Gasteiger partial charge in [-0.15, -0.1) is 0 Å². The van der Waals surface area contributed by atoms with E-state index >= 15 is 0 Å². The molecule has 0 bridgehead atoms. The van der Waals surface area contributed by atoms with E-state index in [1.807, 2.05) is 0 Å². The van der Waals surface area contributed by atoms with Gasteiger partial charge in [-0.05, 0) is 20.3 Å². The lowest BCUT2D eigenvalue weighted by atomic mass is 10.3. The third-order valence-corrected chi connectivity index (χ3v) is 16.1. The summed E-state index contributed by atoms with van der Waals surface area (Å²) in [5, 5.41) is 0. The first-order valence-electron chi connectivity index (χ1n) is 6.36. The Morgan fingerprint density at radius 2 is 1.44 bits per heavy atom. The van der Waals surface area contributed by atoms with Gasteiger partial charge in [0.1, 0.15) is 7.59 Å². The molecular weight excluding hydrogens is 234 g/mol. The SMILES string of the molecule is CCO[Si](CC(N)CC)(OCC)[Si](C)(C)C. The molecule has 16 heavy (non-hydrogen) atoms. The van der Waals surface area contributed by atoms with Crippen molar-refractivity contribution in [3.05, 3.63) is 0 Å². The van der Waals surface area contributed by atoms with E-state index in [1.54, 1.807) is 0 Å². The normalized spacial score (nSPS) is 15.2. The van der Waals surface area contributed by atoms with Crippen LogP contribution >= 0.6 is 0 Å². The van der Waals surface area contributed by atoms with Gasteiger partial charge in [0.25, 0.3) is 0 Å². The topological polar surface area (TPSA) is 44.5 Å². The van der Waals surface area contributed by atoms with E-state index in [9.17, 15) is 0 Å². The number of hydrogen-bond acceptors (Lipinski definition) is 3. The lowest BCUT2D eigenvalue weighted by Crippen LogP contribution is -2.64. The molecule has 0 fully saturated rings. The molecule has 98 valence electrons. The maximum absolute atomic E-state index is 6.11. The van der Waals surface area contributed by atoms with Gasteiger partial charge >= 0.3 is 8.08 Å². The molecule has 0 spiro atoms. The van der Waals surface area contributed by atoms with Gasteiger partial charge < -0.3 is 14.6 Å². The average molecular weight is 264 g/mol. The molecule has 0 aromatic rings. The minimum atomic E-state index is -2.07. The summed E-state index contributed by atoms with van der Waals surface area (Å²) in [4.78, 5) is 0. The van der Waals surface area contributed by atoms with Gasteiger partial charge in [-0.25, -0.2) is 0 Å². The number of nitrogens with two attached hydrogens (primary N) is 1. The Morgan fingerprint density at radius 1 is 1.00 bits per heavy atom. The Balaban J connectivity index is 4.93. The second kappa shape index (κ2) is 6.91. The second-order valence-corrected chi connectivity index (χ2v) is 19.0. The molecule has 1 unspecified atom stereocenters. The lowest BCUT2D eigenvalue weighted by molar-refractivity contribution is 0.197. The fraction of sp³-hybridized carbons (Fsp3) is 1.00. The highest BCUT2D eigenvalue weighted by Gasteiger charge is 2.50. The van der Waals surface area contributed by atoms with Crippen molar-refractivity contribution in [1.29, 1.82) is 0 Å². The van der Waals surface area contributed by atoms with Crippen molar-refractivity contribution in [3.63, 3.8) is 0 Å². The molecule has 0 radical (unpaired) electrons. The summed E-state index contributed by atoms with van der Waals surface area (Å²) in [5.74, 6) is 0. The van der Waals surface area contributed by atoms with Gasteiger partial charge in [0, 0.05) is 25.3 Å². The summed E-state index contributed by atoms with van der Waals surface area (Å²) in [7, 11) is -3.51. The molecular formula is C11H29NO2Si2. The molecule has 3 nitrogen and oxygen atoms in total. The first-order chi connectivity index (χ1) is 7.33. The maximum Gasteiger partial charge on any atom is 0.317 e. The average Bonchev–Trinajstić information content (AvgIpc) is 2.16. The zero-order chi connectivity index (χ0) is 12.8. The van der Waals surface area contributed by atoms with Crippen LogP contribution in [-0.2, 0) is 8.85 Å². The van der Waals surface area contributed by atoms with Crippen LogP contribution in [0.2, 0.25) is 25.7 Å². The molecule has 0 aliphatic rings. The van der Waals surface area contributed by atoms with E-state index in [1.165, 1.54) is 0 Å². The monoisotopic (exact) mass is 263 g/mol. The summed E-state index contributed by atoms with van der Waals surface area (Å²) in [6, 6.07) is 1.16. The summed E-state index contributed by atoms with van der Waals surface area (Å²) in [6.07, 6.45) is 0.999. The van der Waals surface area contributed by atoms with Crippen molar-refractivity contribution in [2.45, 2.75) is 58.9 Å². The van der Waals surface area contributed by atoms with Crippen molar-refractivity contribution in [3.8, 4) is 0 Å². The predicted molar refractivity (Wildman–Crippen MR) is 75.4 cm³/mol. The van der Waals surface area contributed by atoms with E-state index in [0.717, 1.165) is 25.7 Å². The molecule has 0 aromatic heterocycles. The van der Waals surface area contributed by atoms with Crippen molar-refractivity contribution in [1.82, 2.24) is 0 Å². The van der Waals surface area contributed by atoms with Crippen LogP contribution in [0.25, 0.3) is 0 Å². The lowest BCUT2D eigenvalue weighted by Gasteiger charge is -2.40. The second-order valence-electron chi connectivity index (χ2n) is 5.24. The van der Waals surface area contributed by atoms with Crippen molar-refractivity contribution >= 4 is 15.7 Å². The Hall–Kier alpha value is 0.314. The zero-order valence-electron chi connectivity index (χ0n) is 11.8. The van der Waals surface area contributed by atoms with Crippen LogP contribution < -0.4 is 5.73 Å². The van der Waals surface area contributed by atoms with Crippen LogP contribution in [0, 0.1) is 0 Å². The molecule has 0 aliphatic carbocycles. The molecule has 5 heteroatoms. The standard InChI is InChI=1S/C11H29NO2Si2/c1-7-11(12)10-16(13-8-2,14-9-3)15(4,5)6/h11H,7-10,12H2,1-6H3. The first-order valence-corrected chi connectivity index (χ1v) is 12.9. The van der Waals surface area contributed by atoms with Crippen LogP contribution in [0.3, 0.4) is 0 Å². The number of hydrogen-bond donors (Lipinski definition) is 1. The minimum Gasteiger partial charge on any atom is -0.397 e. The van der Waals surface area contributed by atoms with E-state index in [-0.39, 0.29) is 6.04 Å². The maximum atomic E-state index is 6.11. The van der Waals surface area contributed by atoms with Crippen LogP contribution in [0.15, 0.2) is 0 Å². The molecule has 0 aromatic carbocycles. The van der Waals surface area contributed by atoms with Crippen LogP contribution in [0.1, 0.15) is 27.2 Å². The number of rotatable bonds is 8. The highest BCUT2D eigenvalue weighted by molar-refractivity contribution is 7.36. The van der Waals surface area contributed by atoms with Crippen LogP contribution in [0.4, 0.5) is 0 Å². The molecule has 0 saturated carbocycles. The fourth-order valence-corrected chi connectivity index (χ4v) is 11.7. The summed E-state index contributed by atoms with van der Waals surface area (Å²) >= 11 is 0. The van der Waals surface area contributed by atoms with Gasteiger partial charge in [0.05, 0.1) is 0 Å². The fourth-order valence-electron chi connectivity index (χ4n) is 1.85. The molecule has 0 amide bonds. The molecule has 0 saturated heterocycles. The smallest absolute Gasteiger partial charge is 0.317 e. The molecule has 0 aliphatic heterocycles. The Labute approximate surface area is 103 Å². The van der Waals surface area contributed by atoms with E-state index in [0.29, 0.717) is 0 Å². The van der Waals surface area contributed by atoms with Crippen molar-refractivity contribution in [2.24, 2.45) is 5.73 Å². The Bertz CT molecular complexity index is 189. The zero-order valence-corrected chi connectivity index (χ0v) is 13.8. The van der Waals surface area contributed by atoms with Crippen molar-refractivity contribution in [2.75, 3.05) is 13.2 Å². The summed E-state index contributed by atoms with van der Waals surface area (Å²) in [6.45, 7) is 14.7.